The molecule has 2 aromatic carbocycles. The number of amides is 1. The average molecular weight is 550 g/mol. The number of nitrogens with zero attached hydrogens (tertiary/aromatic N) is 4. The smallest absolute Gasteiger partial charge is 0.318 e. The molecule has 13 heteroatoms. The Labute approximate surface area is 216 Å². The summed E-state index contributed by atoms with van der Waals surface area (Å²) in [5.41, 5.74) is 6.87. The lowest BCUT2D eigenvalue weighted by molar-refractivity contribution is -0.170. The Morgan fingerprint density at radius 3 is 2.49 bits per heavy atom. The summed E-state index contributed by atoms with van der Waals surface area (Å²) >= 11 is 5.98. The molecule has 3 aromatic rings. The number of benzene rings is 2. The van der Waals surface area contributed by atoms with E-state index >= 15 is 0 Å². The zero-order valence-electron chi connectivity index (χ0n) is 19.4. The average Bonchev–Trinajstić information content (AvgIpc) is 3.27. The molecule has 1 amide bonds. The van der Waals surface area contributed by atoms with Gasteiger partial charge in [-0.25, -0.2) is 17.2 Å². The predicted molar refractivity (Wildman–Crippen MR) is 131 cm³/mol. The Bertz CT molecular complexity index is 1500. The number of halogens is 3. The van der Waals surface area contributed by atoms with Gasteiger partial charge in [0.2, 0.25) is 17.7 Å². The van der Waals surface area contributed by atoms with Crippen LogP contribution in [0.4, 0.5) is 20.5 Å². The number of nitrogens with two attached hydrogens (primary N) is 1. The molecule has 1 spiro atoms. The van der Waals surface area contributed by atoms with Crippen LogP contribution in [0.1, 0.15) is 18.4 Å². The van der Waals surface area contributed by atoms with Gasteiger partial charge in [-0.2, -0.15) is 0 Å². The minimum Gasteiger partial charge on any atom is -0.403 e. The lowest BCUT2D eigenvalue weighted by Gasteiger charge is -2.57. The zero-order chi connectivity index (χ0) is 26.2. The van der Waals surface area contributed by atoms with Gasteiger partial charge in [-0.15, -0.1) is 5.10 Å². The van der Waals surface area contributed by atoms with E-state index in [2.05, 4.69) is 10.2 Å². The number of anilines is 2. The number of sulfone groups is 1. The van der Waals surface area contributed by atoms with Crippen molar-refractivity contribution in [3.05, 3.63) is 53.1 Å². The quantitative estimate of drug-likeness (QED) is 0.526. The van der Waals surface area contributed by atoms with Gasteiger partial charge in [0.15, 0.2) is 9.84 Å². The summed E-state index contributed by atoms with van der Waals surface area (Å²) in [6.45, 7) is 0.896. The standard InChI is InChI=1S/C24H22ClF2N5O4S/c25-16-4-1-14(2-5-16)8-32-18-7-15(3-6-19(18)37(34,35)9-17(28)21(32)33)20-29-30-22(36-20)31-12-23(13-31)10-24(26,27)11-23/h1-7,17H,8-13,28H2/t17-/m0/s1. The summed E-state index contributed by atoms with van der Waals surface area (Å²) in [5.74, 6) is -3.55. The molecule has 9 nitrogen and oxygen atoms in total. The molecule has 1 aliphatic carbocycles. The summed E-state index contributed by atoms with van der Waals surface area (Å²) in [6.07, 6.45) is -0.285. The second-order valence-corrected chi connectivity index (χ2v) is 12.5. The van der Waals surface area contributed by atoms with Crippen molar-refractivity contribution in [2.45, 2.75) is 36.2 Å². The van der Waals surface area contributed by atoms with E-state index in [1.165, 1.54) is 23.1 Å². The van der Waals surface area contributed by atoms with Crippen molar-refractivity contribution in [2.24, 2.45) is 11.1 Å². The number of aromatic nitrogens is 2. The number of hydrogen-bond donors (Lipinski definition) is 1. The Hall–Kier alpha value is -3.09. The van der Waals surface area contributed by atoms with Crippen LogP contribution in [0.15, 0.2) is 51.8 Å². The van der Waals surface area contributed by atoms with E-state index in [0.717, 1.165) is 5.56 Å². The van der Waals surface area contributed by atoms with E-state index in [4.69, 9.17) is 21.8 Å². The molecule has 2 aliphatic heterocycles. The van der Waals surface area contributed by atoms with E-state index < -0.39 is 38.9 Å². The maximum Gasteiger partial charge on any atom is 0.318 e. The van der Waals surface area contributed by atoms with Crippen molar-refractivity contribution >= 4 is 39.0 Å². The van der Waals surface area contributed by atoms with Gasteiger partial charge in [-0.05, 0) is 35.9 Å². The SMILES string of the molecule is N[C@H]1CS(=O)(=O)c2ccc(-c3nnc(N4CC5(C4)CC(F)(F)C5)o3)cc2N(Cc2ccc(Cl)cc2)C1=O. The summed E-state index contributed by atoms with van der Waals surface area (Å²) in [5, 5.41) is 8.65. The first kappa shape index (κ1) is 24.3. The molecule has 1 atom stereocenters. The van der Waals surface area contributed by atoms with Gasteiger partial charge < -0.3 is 20.0 Å². The molecular formula is C24H22ClF2N5O4S. The minimum absolute atomic E-state index is 0.0261. The Morgan fingerprint density at radius 1 is 1.11 bits per heavy atom. The molecule has 1 saturated carbocycles. The topological polar surface area (TPSA) is 123 Å². The molecule has 2 N–H and O–H groups in total. The molecule has 37 heavy (non-hydrogen) atoms. The zero-order valence-corrected chi connectivity index (χ0v) is 21.0. The van der Waals surface area contributed by atoms with Gasteiger partial charge in [0.25, 0.3) is 0 Å². The summed E-state index contributed by atoms with van der Waals surface area (Å²) in [6, 6.07) is 10.3. The second kappa shape index (κ2) is 8.20. The molecule has 1 aromatic heterocycles. The molecule has 3 aliphatic rings. The molecule has 6 rings (SSSR count). The van der Waals surface area contributed by atoms with Crippen molar-refractivity contribution in [3.63, 3.8) is 0 Å². The normalized spacial score (nSPS) is 23.2. The highest BCUT2D eigenvalue weighted by molar-refractivity contribution is 7.91. The summed E-state index contributed by atoms with van der Waals surface area (Å²) < 4.78 is 58.5. The van der Waals surface area contributed by atoms with Crippen molar-refractivity contribution in [3.8, 4) is 11.5 Å². The van der Waals surface area contributed by atoms with Crippen molar-refractivity contribution in [1.82, 2.24) is 10.2 Å². The van der Waals surface area contributed by atoms with Crippen LogP contribution in [0.5, 0.6) is 0 Å². The Kier molecular flexibility index (Phi) is 5.38. The molecule has 0 bridgehead atoms. The first-order chi connectivity index (χ1) is 17.4. The first-order valence-electron chi connectivity index (χ1n) is 11.6. The van der Waals surface area contributed by atoms with Crippen LogP contribution in [0.3, 0.4) is 0 Å². The van der Waals surface area contributed by atoms with Crippen LogP contribution >= 0.6 is 11.6 Å². The third kappa shape index (κ3) is 4.26. The minimum atomic E-state index is -3.86. The van der Waals surface area contributed by atoms with E-state index in [0.29, 0.717) is 23.7 Å². The van der Waals surface area contributed by atoms with Gasteiger partial charge in [0, 0.05) is 41.9 Å². The number of fused-ring (bicyclic) bond motifs is 1. The third-order valence-corrected chi connectivity index (χ3v) is 9.14. The first-order valence-corrected chi connectivity index (χ1v) is 13.6. The van der Waals surface area contributed by atoms with Crippen LogP contribution in [0.25, 0.3) is 11.5 Å². The van der Waals surface area contributed by atoms with Gasteiger partial charge >= 0.3 is 6.01 Å². The predicted octanol–water partition coefficient (Wildman–Crippen LogP) is 3.27. The van der Waals surface area contributed by atoms with Crippen LogP contribution in [-0.4, -0.2) is 55.3 Å². The van der Waals surface area contributed by atoms with E-state index in [1.807, 2.05) is 0 Å². The van der Waals surface area contributed by atoms with E-state index in [1.54, 1.807) is 29.2 Å². The van der Waals surface area contributed by atoms with Gasteiger partial charge in [-0.1, -0.05) is 28.8 Å². The fourth-order valence-corrected chi connectivity index (χ4v) is 7.09. The molecule has 2 fully saturated rings. The highest BCUT2D eigenvalue weighted by Gasteiger charge is 2.62. The maximum atomic E-state index is 13.3. The van der Waals surface area contributed by atoms with Crippen molar-refractivity contribution < 1.29 is 26.4 Å². The fraction of sp³-hybridized carbons (Fsp3) is 0.375. The maximum absolute atomic E-state index is 13.3. The highest BCUT2D eigenvalue weighted by Crippen LogP contribution is 2.57. The number of carbonyl (C=O) groups is 1. The highest BCUT2D eigenvalue weighted by atomic mass is 35.5. The molecule has 1 saturated heterocycles. The van der Waals surface area contributed by atoms with E-state index in [-0.39, 0.29) is 41.9 Å². The summed E-state index contributed by atoms with van der Waals surface area (Å²) in [7, 11) is -3.86. The molecule has 3 heterocycles. The lowest BCUT2D eigenvalue weighted by atomic mass is 9.61. The number of rotatable bonds is 4. The molecule has 0 radical (unpaired) electrons. The number of hydrogen-bond acceptors (Lipinski definition) is 8. The largest absolute Gasteiger partial charge is 0.403 e. The molecule has 194 valence electrons. The molecular weight excluding hydrogens is 528 g/mol. The fourth-order valence-electron chi connectivity index (χ4n) is 5.40. The van der Waals surface area contributed by atoms with Crippen molar-refractivity contribution in [2.75, 3.05) is 28.6 Å². The van der Waals surface area contributed by atoms with Crippen LogP contribution < -0.4 is 15.5 Å². The van der Waals surface area contributed by atoms with Crippen LogP contribution in [0.2, 0.25) is 5.02 Å². The monoisotopic (exact) mass is 549 g/mol. The number of carbonyl (C=O) groups excluding carboxylic acids is 1. The third-order valence-electron chi connectivity index (χ3n) is 7.07. The van der Waals surface area contributed by atoms with Crippen LogP contribution in [0, 0.1) is 5.41 Å². The number of alkyl halides is 2. The van der Waals surface area contributed by atoms with Gasteiger partial charge in [-0.3, -0.25) is 4.79 Å². The Morgan fingerprint density at radius 2 is 1.81 bits per heavy atom. The van der Waals surface area contributed by atoms with Crippen LogP contribution in [-0.2, 0) is 21.2 Å². The lowest BCUT2D eigenvalue weighted by Crippen LogP contribution is -2.66. The van der Waals surface area contributed by atoms with E-state index in [9.17, 15) is 22.0 Å². The molecule has 0 unspecified atom stereocenters. The second-order valence-electron chi connectivity index (χ2n) is 10.1. The summed E-state index contributed by atoms with van der Waals surface area (Å²) in [4.78, 5) is 16.3. The Balaban J connectivity index is 1.32. The van der Waals surface area contributed by atoms with Gasteiger partial charge in [0.05, 0.1) is 28.9 Å². The van der Waals surface area contributed by atoms with Gasteiger partial charge in [0.1, 0.15) is 0 Å². The van der Waals surface area contributed by atoms with Crippen molar-refractivity contribution in [1.29, 1.82) is 0 Å².